The van der Waals surface area contributed by atoms with Gasteiger partial charge >= 0.3 is 5.97 Å². The van der Waals surface area contributed by atoms with Crippen LogP contribution in [0.25, 0.3) is 0 Å². The number of carboxylic acid groups (broad SMARTS) is 1. The van der Waals surface area contributed by atoms with Crippen LogP contribution in [0.4, 0.5) is 0 Å². The highest BCUT2D eigenvalue weighted by molar-refractivity contribution is 5.86. The molecule has 26 heavy (non-hydrogen) atoms. The zero-order chi connectivity index (χ0) is 19.7. The van der Waals surface area contributed by atoms with Crippen molar-refractivity contribution in [3.63, 3.8) is 0 Å². The van der Waals surface area contributed by atoms with Gasteiger partial charge in [0.25, 0.3) is 0 Å². The topological polar surface area (TPSA) is 172 Å². The lowest BCUT2D eigenvalue weighted by molar-refractivity contribution is -0.291. The molecule has 0 aromatic heterocycles. The number of ether oxygens (including phenoxy) is 3. The first-order chi connectivity index (χ1) is 12.3. The zero-order valence-electron chi connectivity index (χ0n) is 14.8. The lowest BCUT2D eigenvalue weighted by Crippen LogP contribution is -2.52. The Balaban J connectivity index is 2.59. The van der Waals surface area contributed by atoms with E-state index in [9.17, 15) is 25.2 Å². The Kier molecular flexibility index (Phi) is 10.0. The molecule has 1 heterocycles. The molecular weight excluding hydrogens is 350 g/mol. The van der Waals surface area contributed by atoms with Crippen molar-refractivity contribution in [2.75, 3.05) is 19.8 Å². The Bertz CT molecular complexity index is 471. The summed E-state index contributed by atoms with van der Waals surface area (Å²) in [7, 11) is 0. The highest BCUT2D eigenvalue weighted by atomic mass is 16.7. The molecule has 7 N–H and O–H groups in total. The predicted molar refractivity (Wildman–Crippen MR) is 89.1 cm³/mol. The van der Waals surface area contributed by atoms with Crippen LogP contribution >= 0.6 is 0 Å². The first kappa shape index (κ1) is 22.8. The van der Waals surface area contributed by atoms with Crippen LogP contribution in [-0.4, -0.2) is 82.2 Å². The summed E-state index contributed by atoms with van der Waals surface area (Å²) >= 11 is 0. The number of hydrogen-bond donors (Lipinski definition) is 6. The maximum Gasteiger partial charge on any atom is 0.334 e. The number of unbranched alkanes of at least 4 members (excludes halogenated alkanes) is 2. The molecule has 0 bridgehead atoms. The lowest BCUT2D eigenvalue weighted by atomic mass is 10.0. The molecule has 152 valence electrons. The van der Waals surface area contributed by atoms with Crippen LogP contribution in [0.2, 0.25) is 0 Å². The van der Waals surface area contributed by atoms with E-state index in [4.69, 9.17) is 25.1 Å². The van der Waals surface area contributed by atoms with Crippen LogP contribution < -0.4 is 5.73 Å². The Hall–Kier alpha value is -1.27. The number of hydrogen-bond acceptors (Lipinski definition) is 9. The molecule has 1 saturated heterocycles. The number of rotatable bonds is 11. The second-order valence-electron chi connectivity index (χ2n) is 6.09. The number of carbonyl (C=O) groups is 1. The molecule has 0 saturated carbocycles. The van der Waals surface area contributed by atoms with Crippen molar-refractivity contribution in [1.29, 1.82) is 0 Å². The molecule has 0 aliphatic carbocycles. The summed E-state index contributed by atoms with van der Waals surface area (Å²) in [6.07, 6.45) is -3.36. The third-order valence-corrected chi connectivity index (χ3v) is 4.06. The van der Waals surface area contributed by atoms with Gasteiger partial charge in [-0.3, -0.25) is 0 Å². The van der Waals surface area contributed by atoms with Crippen LogP contribution in [0, 0.1) is 0 Å². The molecule has 1 fully saturated rings. The van der Waals surface area contributed by atoms with Crippen LogP contribution in [0.3, 0.4) is 0 Å². The van der Waals surface area contributed by atoms with Gasteiger partial charge in [-0.25, -0.2) is 4.79 Å². The molecule has 0 radical (unpaired) electrons. The number of aliphatic carboxylic acids is 1. The fourth-order valence-electron chi connectivity index (χ4n) is 2.45. The molecule has 0 aromatic carbocycles. The average Bonchev–Trinajstić information content (AvgIpc) is 2.61. The number of nitrogens with two attached hydrogens (primary N) is 1. The van der Waals surface area contributed by atoms with E-state index < -0.39 is 54.8 Å². The smallest absolute Gasteiger partial charge is 0.334 e. The molecule has 0 amide bonds. The van der Waals surface area contributed by atoms with E-state index >= 15 is 0 Å². The van der Waals surface area contributed by atoms with Gasteiger partial charge in [0.15, 0.2) is 12.0 Å². The van der Waals surface area contributed by atoms with E-state index in [1.807, 2.05) is 0 Å². The van der Waals surface area contributed by atoms with E-state index in [2.05, 4.69) is 0 Å². The molecule has 5 atom stereocenters. The van der Waals surface area contributed by atoms with Crippen molar-refractivity contribution in [3.05, 3.63) is 11.3 Å². The number of aliphatic hydroxyl groups is 4. The average molecular weight is 379 g/mol. The second-order valence-corrected chi connectivity index (χ2v) is 6.09. The first-order valence-electron chi connectivity index (χ1n) is 8.54. The van der Waals surface area contributed by atoms with Gasteiger partial charge in [0, 0.05) is 13.0 Å². The fourth-order valence-corrected chi connectivity index (χ4v) is 2.45. The van der Waals surface area contributed by atoms with E-state index in [0.29, 0.717) is 13.2 Å². The molecule has 1 aliphatic heterocycles. The zero-order valence-corrected chi connectivity index (χ0v) is 14.8. The van der Waals surface area contributed by atoms with Crippen LogP contribution in [-0.2, 0) is 19.0 Å². The maximum atomic E-state index is 10.8. The normalized spacial score (nSPS) is 28.5. The summed E-state index contributed by atoms with van der Waals surface area (Å²) in [5.41, 5.74) is 4.92. The van der Waals surface area contributed by atoms with E-state index in [-0.39, 0.29) is 6.42 Å². The molecule has 0 spiro atoms. The van der Waals surface area contributed by atoms with Crippen molar-refractivity contribution in [3.8, 4) is 0 Å². The lowest BCUT2D eigenvalue weighted by Gasteiger charge is -2.39. The molecule has 1 aliphatic rings. The summed E-state index contributed by atoms with van der Waals surface area (Å²) in [5.74, 6) is -2.27. The molecule has 1 rings (SSSR count). The number of carboxylic acids is 1. The van der Waals surface area contributed by atoms with Gasteiger partial charge in [-0.2, -0.15) is 0 Å². The molecule has 0 aromatic rings. The summed E-state index contributed by atoms with van der Waals surface area (Å²) in [6, 6.07) is 0. The van der Waals surface area contributed by atoms with Gasteiger partial charge in [0.2, 0.25) is 6.29 Å². The van der Waals surface area contributed by atoms with Crippen molar-refractivity contribution in [2.24, 2.45) is 5.73 Å². The molecule has 5 unspecified atom stereocenters. The van der Waals surface area contributed by atoms with E-state index in [0.717, 1.165) is 26.2 Å². The molecule has 10 nitrogen and oxygen atoms in total. The van der Waals surface area contributed by atoms with Gasteiger partial charge in [-0.15, -0.1) is 0 Å². The van der Waals surface area contributed by atoms with Gasteiger partial charge in [-0.05, 0) is 32.7 Å². The van der Waals surface area contributed by atoms with Crippen molar-refractivity contribution < 1.29 is 44.5 Å². The highest BCUT2D eigenvalue weighted by Gasteiger charge is 2.39. The third kappa shape index (κ3) is 6.80. The highest BCUT2D eigenvalue weighted by Crippen LogP contribution is 2.25. The van der Waals surface area contributed by atoms with Crippen molar-refractivity contribution >= 4 is 5.97 Å². The second kappa shape index (κ2) is 11.4. The fraction of sp³-hybridized carbons (Fsp3) is 0.812. The summed E-state index contributed by atoms with van der Waals surface area (Å²) < 4.78 is 16.1. The Labute approximate surface area is 151 Å². The predicted octanol–water partition coefficient (Wildman–Crippen LogP) is -0.780. The van der Waals surface area contributed by atoms with E-state index in [1.165, 1.54) is 0 Å². The van der Waals surface area contributed by atoms with Crippen LogP contribution in [0.15, 0.2) is 11.3 Å². The van der Waals surface area contributed by atoms with Crippen LogP contribution in [0.5, 0.6) is 0 Å². The van der Waals surface area contributed by atoms with Crippen molar-refractivity contribution in [1.82, 2.24) is 0 Å². The largest absolute Gasteiger partial charge is 0.507 e. The molecular formula is C16H29NO9. The van der Waals surface area contributed by atoms with Crippen molar-refractivity contribution in [2.45, 2.75) is 63.5 Å². The van der Waals surface area contributed by atoms with Gasteiger partial charge in [0.1, 0.15) is 12.2 Å². The Morgan fingerprint density at radius 3 is 2.58 bits per heavy atom. The Morgan fingerprint density at radius 1 is 1.31 bits per heavy atom. The third-order valence-electron chi connectivity index (χ3n) is 4.06. The quantitative estimate of drug-likeness (QED) is 0.116. The summed E-state index contributed by atoms with van der Waals surface area (Å²) in [6.45, 7) is 1.59. The van der Waals surface area contributed by atoms with Gasteiger partial charge in [0.05, 0.1) is 18.3 Å². The standard InChI is InChI=1S/C16H29NO9/c1-9(14(21)22)13(20)15(23)25-11-7-10(19)16(26-12(11)8-18)24-6-4-2-3-5-17/h10-12,15-16,18-20,23H,2-8,17H2,1H3,(H,21,22)/b13-9+. The Morgan fingerprint density at radius 2 is 2.00 bits per heavy atom. The maximum absolute atomic E-state index is 10.8. The minimum atomic E-state index is -1.92. The monoisotopic (exact) mass is 379 g/mol. The molecule has 10 heteroatoms. The summed E-state index contributed by atoms with van der Waals surface area (Å²) in [5, 5.41) is 47.9. The minimum Gasteiger partial charge on any atom is -0.507 e. The van der Waals surface area contributed by atoms with Gasteiger partial charge < -0.3 is 45.5 Å². The van der Waals surface area contributed by atoms with E-state index in [1.54, 1.807) is 0 Å². The SMILES string of the molecule is C/C(C(=O)O)=C(\O)C(O)OC1CC(O)C(OCCCCCN)OC1CO. The van der Waals surface area contributed by atoms with Crippen LogP contribution in [0.1, 0.15) is 32.6 Å². The van der Waals surface area contributed by atoms with Gasteiger partial charge in [-0.1, -0.05) is 0 Å². The minimum absolute atomic E-state index is 0.0326. The summed E-state index contributed by atoms with van der Waals surface area (Å²) in [4.78, 5) is 10.8. The number of aliphatic hydroxyl groups excluding tert-OH is 4. The first-order valence-corrected chi connectivity index (χ1v) is 8.54.